The van der Waals surface area contributed by atoms with Gasteiger partial charge in [0.15, 0.2) is 11.5 Å². The maximum Gasteiger partial charge on any atom is 0.433 e. The largest absolute Gasteiger partial charge is 0.439 e. The smallest absolute Gasteiger partial charge is 0.433 e. The molecule has 2 amide bonds. The second kappa shape index (κ2) is 11.0. The molecule has 4 N–H and O–H groups in total. The third-order valence-electron chi connectivity index (χ3n) is 5.73. The number of aromatic nitrogens is 2. The number of methoxy groups -OCH3 is 2. The van der Waals surface area contributed by atoms with Gasteiger partial charge in [-0.25, -0.2) is 9.97 Å². The molecule has 0 spiro atoms. The highest BCUT2D eigenvalue weighted by molar-refractivity contribution is 5.98. The van der Waals surface area contributed by atoms with E-state index in [-0.39, 0.29) is 36.0 Å². The first-order valence-corrected chi connectivity index (χ1v) is 11.5. The number of carbonyl (C=O) groups excluding carboxylic acids is 2. The number of alkyl halides is 3. The lowest BCUT2D eigenvalue weighted by Crippen LogP contribution is -2.55. The minimum absolute atomic E-state index is 0.0165. The third-order valence-corrected chi connectivity index (χ3v) is 5.73. The summed E-state index contributed by atoms with van der Waals surface area (Å²) in [4.78, 5) is 33.8. The van der Waals surface area contributed by atoms with Gasteiger partial charge < -0.3 is 30.3 Å². The molecule has 202 valence electrons. The van der Waals surface area contributed by atoms with E-state index in [1.54, 1.807) is 13.0 Å². The van der Waals surface area contributed by atoms with Gasteiger partial charge in [0.25, 0.3) is 5.91 Å². The van der Waals surface area contributed by atoms with Crippen LogP contribution in [-0.4, -0.2) is 54.7 Å². The van der Waals surface area contributed by atoms with E-state index in [1.165, 1.54) is 34.1 Å². The molecule has 3 rings (SSSR count). The SMILES string of the molecule is COCCNC(=O)C(C)(C)NC(=O)c1nc(C2=CCC(OC)c3nc(C(F)(F)F)ccc32)oc1C(C)N. The molecule has 1 aliphatic rings. The van der Waals surface area contributed by atoms with Crippen LogP contribution in [0.2, 0.25) is 0 Å². The number of hydrogen-bond donors (Lipinski definition) is 3. The zero-order valence-corrected chi connectivity index (χ0v) is 21.2. The van der Waals surface area contributed by atoms with Crippen molar-refractivity contribution in [2.75, 3.05) is 27.4 Å². The van der Waals surface area contributed by atoms with Crippen molar-refractivity contribution in [1.29, 1.82) is 0 Å². The number of oxazole rings is 1. The van der Waals surface area contributed by atoms with Gasteiger partial charge >= 0.3 is 6.18 Å². The number of fused-ring (bicyclic) bond motifs is 1. The number of ether oxygens (including phenoxy) is 2. The van der Waals surface area contributed by atoms with Gasteiger partial charge in [-0.15, -0.1) is 0 Å². The van der Waals surface area contributed by atoms with Gasteiger partial charge in [-0.1, -0.05) is 12.1 Å². The molecule has 2 aromatic rings. The fourth-order valence-corrected chi connectivity index (χ4v) is 3.77. The van der Waals surface area contributed by atoms with E-state index in [1.807, 2.05) is 0 Å². The van der Waals surface area contributed by atoms with E-state index in [9.17, 15) is 22.8 Å². The number of nitrogens with two attached hydrogens (primary N) is 1. The van der Waals surface area contributed by atoms with Crippen molar-refractivity contribution in [3.63, 3.8) is 0 Å². The van der Waals surface area contributed by atoms with Crippen LogP contribution in [0.1, 0.15) is 78.4 Å². The van der Waals surface area contributed by atoms with Crippen molar-refractivity contribution < 1.29 is 36.7 Å². The summed E-state index contributed by atoms with van der Waals surface area (Å²) in [5.41, 5.74) is 4.28. The van der Waals surface area contributed by atoms with E-state index in [0.29, 0.717) is 17.7 Å². The molecule has 10 nitrogen and oxygen atoms in total. The summed E-state index contributed by atoms with van der Waals surface area (Å²) in [6, 6.07) is 1.38. The summed E-state index contributed by atoms with van der Waals surface area (Å²) in [5.74, 6) is -1.10. The van der Waals surface area contributed by atoms with Crippen molar-refractivity contribution in [2.24, 2.45) is 5.73 Å². The summed E-state index contributed by atoms with van der Waals surface area (Å²) in [6.45, 7) is 5.19. The van der Waals surface area contributed by atoms with Gasteiger partial charge in [0, 0.05) is 31.9 Å². The van der Waals surface area contributed by atoms with Crippen LogP contribution in [0.3, 0.4) is 0 Å². The maximum atomic E-state index is 13.3. The molecule has 0 aliphatic heterocycles. The Morgan fingerprint density at radius 1 is 1.24 bits per heavy atom. The zero-order chi connectivity index (χ0) is 27.5. The summed E-state index contributed by atoms with van der Waals surface area (Å²) in [6.07, 6.45) is -3.44. The summed E-state index contributed by atoms with van der Waals surface area (Å²) < 4.78 is 55.9. The summed E-state index contributed by atoms with van der Waals surface area (Å²) in [7, 11) is 2.88. The number of amides is 2. The van der Waals surface area contributed by atoms with Crippen LogP contribution in [0.4, 0.5) is 13.2 Å². The number of rotatable bonds is 9. The van der Waals surface area contributed by atoms with Gasteiger partial charge in [-0.3, -0.25) is 9.59 Å². The van der Waals surface area contributed by atoms with Gasteiger partial charge in [-0.05, 0) is 33.3 Å². The van der Waals surface area contributed by atoms with Crippen LogP contribution >= 0.6 is 0 Å². The molecule has 0 saturated carbocycles. The Balaban J connectivity index is 1.96. The van der Waals surface area contributed by atoms with Gasteiger partial charge in [0.05, 0.1) is 18.3 Å². The first kappa shape index (κ1) is 28.3. The molecule has 0 saturated heterocycles. The average Bonchev–Trinajstić information content (AvgIpc) is 3.28. The number of nitrogens with zero attached hydrogens (tertiary/aromatic N) is 2. The van der Waals surface area contributed by atoms with Gasteiger partial charge in [0.1, 0.15) is 17.3 Å². The number of carbonyl (C=O) groups is 2. The predicted octanol–water partition coefficient (Wildman–Crippen LogP) is 2.90. The molecule has 0 radical (unpaired) electrons. The Hall–Kier alpha value is -3.29. The molecule has 1 aliphatic carbocycles. The molecular weight excluding hydrogens is 495 g/mol. The van der Waals surface area contributed by atoms with Crippen molar-refractivity contribution in [1.82, 2.24) is 20.6 Å². The Morgan fingerprint density at radius 3 is 2.54 bits per heavy atom. The highest BCUT2D eigenvalue weighted by atomic mass is 19.4. The summed E-state index contributed by atoms with van der Waals surface area (Å²) in [5, 5.41) is 5.28. The van der Waals surface area contributed by atoms with E-state index in [2.05, 4.69) is 20.6 Å². The van der Waals surface area contributed by atoms with Crippen molar-refractivity contribution in [3.8, 4) is 0 Å². The van der Waals surface area contributed by atoms with Crippen molar-refractivity contribution in [3.05, 3.63) is 52.5 Å². The van der Waals surface area contributed by atoms with Gasteiger partial charge in [0.2, 0.25) is 11.8 Å². The highest BCUT2D eigenvalue weighted by Gasteiger charge is 2.37. The minimum Gasteiger partial charge on any atom is -0.439 e. The standard InChI is InChI=1S/C24H30F3N5O5/c1-12(28)19-18(20(33)32-23(2,3)22(34)29-10-11-35-4)31-21(37-19)14-6-8-15(36-5)17-13(14)7-9-16(30-17)24(25,26)27/h6-7,9,12,15H,8,10-11,28H2,1-5H3,(H,29,34)(H,32,33). The lowest BCUT2D eigenvalue weighted by molar-refractivity contribution is -0.141. The van der Waals surface area contributed by atoms with Crippen LogP contribution < -0.4 is 16.4 Å². The normalized spacial score (nSPS) is 16.6. The van der Waals surface area contributed by atoms with Crippen molar-refractivity contribution in [2.45, 2.75) is 51.1 Å². The molecule has 0 bridgehead atoms. The van der Waals surface area contributed by atoms with Crippen LogP contribution in [0.5, 0.6) is 0 Å². The molecular formula is C24H30F3N5O5. The molecule has 2 aromatic heterocycles. The van der Waals surface area contributed by atoms with Crippen molar-refractivity contribution >= 4 is 17.4 Å². The van der Waals surface area contributed by atoms with Crippen LogP contribution in [0.25, 0.3) is 5.57 Å². The summed E-state index contributed by atoms with van der Waals surface area (Å²) >= 11 is 0. The second-order valence-electron chi connectivity index (χ2n) is 9.05. The predicted molar refractivity (Wildman–Crippen MR) is 126 cm³/mol. The molecule has 2 unspecified atom stereocenters. The Labute approximate surface area is 211 Å². The molecule has 2 heterocycles. The molecule has 37 heavy (non-hydrogen) atoms. The third kappa shape index (κ3) is 6.17. The monoisotopic (exact) mass is 525 g/mol. The quantitative estimate of drug-likeness (QED) is 0.425. The topological polar surface area (TPSA) is 142 Å². The Bertz CT molecular complexity index is 1190. The van der Waals surface area contributed by atoms with E-state index in [4.69, 9.17) is 19.6 Å². The maximum absolute atomic E-state index is 13.3. The van der Waals surface area contributed by atoms with E-state index >= 15 is 0 Å². The van der Waals surface area contributed by atoms with E-state index in [0.717, 1.165) is 6.07 Å². The van der Waals surface area contributed by atoms with Crippen LogP contribution in [-0.2, 0) is 20.4 Å². The molecule has 13 heteroatoms. The number of nitrogens with one attached hydrogen (secondary N) is 2. The Kier molecular flexibility index (Phi) is 8.40. The first-order chi connectivity index (χ1) is 17.3. The highest BCUT2D eigenvalue weighted by Crippen LogP contribution is 2.40. The minimum atomic E-state index is -4.63. The van der Waals surface area contributed by atoms with E-state index < -0.39 is 41.4 Å². The Morgan fingerprint density at radius 2 is 1.95 bits per heavy atom. The molecule has 0 aromatic carbocycles. The second-order valence-corrected chi connectivity index (χ2v) is 9.05. The number of pyridine rings is 1. The molecule has 2 atom stereocenters. The lowest BCUT2D eigenvalue weighted by Gasteiger charge is -2.24. The number of halogens is 3. The molecule has 0 fully saturated rings. The first-order valence-electron chi connectivity index (χ1n) is 11.5. The fourth-order valence-electron chi connectivity index (χ4n) is 3.77. The number of hydrogen-bond acceptors (Lipinski definition) is 8. The zero-order valence-electron chi connectivity index (χ0n) is 21.2. The lowest BCUT2D eigenvalue weighted by atomic mass is 9.92. The van der Waals surface area contributed by atoms with Gasteiger partial charge in [-0.2, -0.15) is 13.2 Å². The van der Waals surface area contributed by atoms with Crippen LogP contribution in [0.15, 0.2) is 22.6 Å². The van der Waals surface area contributed by atoms with Crippen LogP contribution in [0, 0.1) is 0 Å². The average molecular weight is 526 g/mol. The fraction of sp³-hybridized carbons (Fsp3) is 0.500.